The SMILES string of the molecule is Cc1ccccc1S(=O)(=O)NC1(C(N)=S)CCN(C)CC1. The largest absolute Gasteiger partial charge is 0.392 e. The number of aryl methyl sites for hydroxylation is 1. The van der Waals surface area contributed by atoms with Gasteiger partial charge in [0.1, 0.15) is 0 Å². The fourth-order valence-corrected chi connectivity index (χ4v) is 4.58. The predicted octanol–water partition coefficient (Wildman–Crippen LogP) is 1.02. The highest BCUT2D eigenvalue weighted by Crippen LogP contribution is 2.25. The van der Waals surface area contributed by atoms with Gasteiger partial charge in [-0.25, -0.2) is 8.42 Å². The van der Waals surface area contributed by atoms with Gasteiger partial charge in [-0.1, -0.05) is 30.4 Å². The summed E-state index contributed by atoms with van der Waals surface area (Å²) in [7, 11) is -1.65. The van der Waals surface area contributed by atoms with Gasteiger partial charge >= 0.3 is 0 Å². The molecule has 0 spiro atoms. The average Bonchev–Trinajstić information content (AvgIpc) is 2.41. The summed E-state index contributed by atoms with van der Waals surface area (Å²) in [5, 5.41) is 0. The lowest BCUT2D eigenvalue weighted by molar-refractivity contribution is 0.220. The molecule has 1 saturated heterocycles. The van der Waals surface area contributed by atoms with Crippen LogP contribution in [0.4, 0.5) is 0 Å². The molecule has 1 aliphatic heterocycles. The highest BCUT2D eigenvalue weighted by Gasteiger charge is 2.40. The summed E-state index contributed by atoms with van der Waals surface area (Å²) in [5.41, 5.74) is 5.73. The first-order valence-electron chi connectivity index (χ1n) is 6.85. The van der Waals surface area contributed by atoms with Gasteiger partial charge < -0.3 is 10.6 Å². The van der Waals surface area contributed by atoms with Crippen LogP contribution in [0.1, 0.15) is 18.4 Å². The molecule has 0 aromatic heterocycles. The molecule has 5 nitrogen and oxygen atoms in total. The van der Waals surface area contributed by atoms with Crippen LogP contribution >= 0.6 is 12.2 Å². The summed E-state index contributed by atoms with van der Waals surface area (Å²) >= 11 is 5.15. The maximum atomic E-state index is 12.7. The lowest BCUT2D eigenvalue weighted by atomic mass is 9.89. The molecule has 0 aliphatic carbocycles. The highest BCUT2D eigenvalue weighted by molar-refractivity contribution is 7.89. The Balaban J connectivity index is 2.33. The lowest BCUT2D eigenvalue weighted by Gasteiger charge is -2.40. The third-order valence-corrected chi connectivity index (χ3v) is 6.11. The first-order chi connectivity index (χ1) is 9.77. The zero-order valence-corrected chi connectivity index (χ0v) is 13.9. The molecule has 116 valence electrons. The van der Waals surface area contributed by atoms with Gasteiger partial charge in [0.05, 0.1) is 15.4 Å². The summed E-state index contributed by atoms with van der Waals surface area (Å²) in [4.78, 5) is 2.63. The average molecular weight is 327 g/mol. The Morgan fingerprint density at radius 3 is 2.43 bits per heavy atom. The third-order valence-electron chi connectivity index (χ3n) is 4.03. The fourth-order valence-electron chi connectivity index (χ4n) is 2.57. The number of nitrogens with one attached hydrogen (secondary N) is 1. The van der Waals surface area contributed by atoms with E-state index in [-0.39, 0.29) is 9.88 Å². The van der Waals surface area contributed by atoms with Gasteiger partial charge in [-0.05, 0) is 38.4 Å². The van der Waals surface area contributed by atoms with Gasteiger partial charge in [0.2, 0.25) is 10.0 Å². The molecule has 1 aliphatic rings. The van der Waals surface area contributed by atoms with Crippen molar-refractivity contribution in [3.63, 3.8) is 0 Å². The molecular weight excluding hydrogens is 306 g/mol. The zero-order valence-electron chi connectivity index (χ0n) is 12.3. The van der Waals surface area contributed by atoms with E-state index in [1.807, 2.05) is 13.1 Å². The molecule has 2 rings (SSSR count). The standard InChI is InChI=1S/C14H21N3O2S2/c1-11-5-3-4-6-12(11)21(18,19)16-14(13(15)20)7-9-17(2)10-8-14/h3-6,16H,7-10H2,1-2H3,(H2,15,20). The summed E-state index contributed by atoms with van der Waals surface area (Å²) in [6.45, 7) is 3.29. The van der Waals surface area contributed by atoms with E-state index in [0.29, 0.717) is 18.4 Å². The summed E-state index contributed by atoms with van der Waals surface area (Å²) in [5.74, 6) is 0. The molecule has 0 radical (unpaired) electrons. The van der Waals surface area contributed by atoms with Gasteiger partial charge in [-0.15, -0.1) is 0 Å². The monoisotopic (exact) mass is 327 g/mol. The van der Waals surface area contributed by atoms with E-state index in [4.69, 9.17) is 18.0 Å². The van der Waals surface area contributed by atoms with Gasteiger partial charge in [-0.3, -0.25) is 0 Å². The van der Waals surface area contributed by atoms with Crippen LogP contribution in [-0.2, 0) is 10.0 Å². The maximum absolute atomic E-state index is 12.7. The Kier molecular flexibility index (Phi) is 4.67. The number of piperidine rings is 1. The van der Waals surface area contributed by atoms with Crippen molar-refractivity contribution in [3.05, 3.63) is 29.8 Å². The number of sulfonamides is 1. The van der Waals surface area contributed by atoms with Crippen LogP contribution in [0.3, 0.4) is 0 Å². The molecule has 21 heavy (non-hydrogen) atoms. The minimum Gasteiger partial charge on any atom is -0.392 e. The third kappa shape index (κ3) is 3.42. The molecule has 3 N–H and O–H groups in total. The summed E-state index contributed by atoms with van der Waals surface area (Å²) in [6, 6.07) is 6.90. The molecule has 0 unspecified atom stereocenters. The number of benzene rings is 1. The molecule has 1 fully saturated rings. The van der Waals surface area contributed by atoms with E-state index in [1.54, 1.807) is 25.1 Å². The number of likely N-dealkylation sites (tertiary alicyclic amines) is 1. The van der Waals surface area contributed by atoms with Crippen molar-refractivity contribution in [2.45, 2.75) is 30.2 Å². The van der Waals surface area contributed by atoms with Crippen molar-refractivity contribution in [1.82, 2.24) is 9.62 Å². The second-order valence-corrected chi connectivity index (χ2v) is 7.71. The number of thiocarbonyl (C=S) groups is 1. The van der Waals surface area contributed by atoms with Crippen LogP contribution in [-0.4, -0.2) is 44.0 Å². The van der Waals surface area contributed by atoms with E-state index in [2.05, 4.69) is 9.62 Å². The molecule has 1 aromatic carbocycles. The normalized spacial score (nSPS) is 19.3. The summed E-state index contributed by atoms with van der Waals surface area (Å²) < 4.78 is 28.1. The number of hydrogen-bond donors (Lipinski definition) is 2. The molecule has 7 heteroatoms. The smallest absolute Gasteiger partial charge is 0.241 e. The van der Waals surface area contributed by atoms with Crippen LogP contribution in [0.5, 0.6) is 0 Å². The lowest BCUT2D eigenvalue weighted by Crippen LogP contribution is -2.61. The molecule has 0 saturated carbocycles. The number of nitrogens with zero attached hydrogens (tertiary/aromatic N) is 1. The van der Waals surface area contributed by atoms with E-state index < -0.39 is 15.6 Å². The van der Waals surface area contributed by atoms with Crippen molar-refractivity contribution in [3.8, 4) is 0 Å². The Bertz CT molecular complexity index is 635. The first-order valence-corrected chi connectivity index (χ1v) is 8.74. The topological polar surface area (TPSA) is 75.4 Å². The van der Waals surface area contributed by atoms with Gasteiger partial charge in [0.15, 0.2) is 0 Å². The van der Waals surface area contributed by atoms with Gasteiger partial charge in [0, 0.05) is 13.1 Å². The predicted molar refractivity (Wildman–Crippen MR) is 87.7 cm³/mol. The summed E-state index contributed by atoms with van der Waals surface area (Å²) in [6.07, 6.45) is 1.17. The van der Waals surface area contributed by atoms with Gasteiger partial charge in [-0.2, -0.15) is 4.72 Å². The van der Waals surface area contributed by atoms with Crippen molar-refractivity contribution >= 4 is 27.2 Å². The van der Waals surface area contributed by atoms with Crippen LogP contribution in [0.2, 0.25) is 0 Å². The van der Waals surface area contributed by atoms with E-state index in [9.17, 15) is 8.42 Å². The van der Waals surface area contributed by atoms with Crippen molar-refractivity contribution < 1.29 is 8.42 Å². The van der Waals surface area contributed by atoms with Gasteiger partial charge in [0.25, 0.3) is 0 Å². The fraction of sp³-hybridized carbons (Fsp3) is 0.500. The zero-order chi connectivity index (χ0) is 15.7. The second-order valence-electron chi connectivity index (χ2n) is 5.62. The Hall–Kier alpha value is -1.02. The van der Waals surface area contributed by atoms with Crippen molar-refractivity contribution in [2.75, 3.05) is 20.1 Å². The molecular formula is C14H21N3O2S2. The van der Waals surface area contributed by atoms with Crippen LogP contribution in [0.25, 0.3) is 0 Å². The molecule has 0 amide bonds. The first kappa shape index (κ1) is 16.4. The minimum atomic E-state index is -3.65. The van der Waals surface area contributed by atoms with Crippen LogP contribution in [0.15, 0.2) is 29.2 Å². The Labute approximate surface area is 131 Å². The highest BCUT2D eigenvalue weighted by atomic mass is 32.2. The molecule has 1 aromatic rings. The van der Waals surface area contributed by atoms with Crippen LogP contribution in [0, 0.1) is 6.92 Å². The number of nitrogens with two attached hydrogens (primary N) is 1. The van der Waals surface area contributed by atoms with Crippen LogP contribution < -0.4 is 10.5 Å². The number of hydrogen-bond acceptors (Lipinski definition) is 4. The molecule has 0 atom stereocenters. The maximum Gasteiger partial charge on any atom is 0.241 e. The Morgan fingerprint density at radius 1 is 1.33 bits per heavy atom. The van der Waals surface area contributed by atoms with Crippen molar-refractivity contribution in [2.24, 2.45) is 5.73 Å². The van der Waals surface area contributed by atoms with Crippen molar-refractivity contribution in [1.29, 1.82) is 0 Å². The van der Waals surface area contributed by atoms with E-state index in [0.717, 1.165) is 13.1 Å². The minimum absolute atomic E-state index is 0.216. The quantitative estimate of drug-likeness (QED) is 0.808. The Morgan fingerprint density at radius 2 is 1.90 bits per heavy atom. The number of rotatable bonds is 4. The molecule has 1 heterocycles. The second kappa shape index (κ2) is 6.00. The molecule has 0 bridgehead atoms. The van der Waals surface area contributed by atoms with E-state index >= 15 is 0 Å². The van der Waals surface area contributed by atoms with E-state index in [1.165, 1.54) is 0 Å².